The molecule has 1 saturated heterocycles. The van der Waals surface area contributed by atoms with Crippen LogP contribution in [0.2, 0.25) is 0 Å². The SMILES string of the molecule is Cc1cnc2nc(C3CCNC3C)[nH]c2c1. The highest BCUT2D eigenvalue weighted by molar-refractivity contribution is 5.71. The fourth-order valence-corrected chi connectivity index (χ4v) is 2.43. The van der Waals surface area contributed by atoms with Gasteiger partial charge in [0, 0.05) is 18.2 Å². The molecule has 0 aromatic carbocycles. The molecule has 0 radical (unpaired) electrons. The molecule has 0 saturated carbocycles. The predicted octanol–water partition coefficient (Wildman–Crippen LogP) is 1.73. The summed E-state index contributed by atoms with van der Waals surface area (Å²) in [6.45, 7) is 5.34. The highest BCUT2D eigenvalue weighted by Crippen LogP contribution is 2.26. The predicted molar refractivity (Wildman–Crippen MR) is 63.4 cm³/mol. The Bertz CT molecular complexity index is 517. The molecule has 0 aliphatic carbocycles. The minimum atomic E-state index is 0.495. The van der Waals surface area contributed by atoms with Gasteiger partial charge < -0.3 is 10.3 Å². The topological polar surface area (TPSA) is 53.6 Å². The Morgan fingerprint density at radius 1 is 1.44 bits per heavy atom. The lowest BCUT2D eigenvalue weighted by Crippen LogP contribution is -2.22. The molecule has 2 aromatic rings. The summed E-state index contributed by atoms with van der Waals surface area (Å²) < 4.78 is 0. The molecule has 84 valence electrons. The molecule has 0 spiro atoms. The average Bonchev–Trinajstić information content (AvgIpc) is 2.82. The number of hydrogen-bond acceptors (Lipinski definition) is 3. The Morgan fingerprint density at radius 3 is 3.06 bits per heavy atom. The lowest BCUT2D eigenvalue weighted by atomic mass is 10.0. The number of pyridine rings is 1. The van der Waals surface area contributed by atoms with E-state index >= 15 is 0 Å². The lowest BCUT2D eigenvalue weighted by Gasteiger charge is -2.11. The maximum Gasteiger partial charge on any atom is 0.177 e. The van der Waals surface area contributed by atoms with E-state index in [4.69, 9.17) is 0 Å². The van der Waals surface area contributed by atoms with Crippen LogP contribution in [0.4, 0.5) is 0 Å². The molecule has 2 N–H and O–H groups in total. The number of aryl methyl sites for hydroxylation is 1. The third kappa shape index (κ3) is 1.50. The Kier molecular flexibility index (Phi) is 2.17. The van der Waals surface area contributed by atoms with Crippen molar-refractivity contribution in [1.29, 1.82) is 0 Å². The Balaban J connectivity index is 2.04. The first-order valence-corrected chi connectivity index (χ1v) is 5.79. The third-order valence-corrected chi connectivity index (χ3v) is 3.37. The molecule has 4 nitrogen and oxygen atoms in total. The number of hydrogen-bond donors (Lipinski definition) is 2. The second-order valence-corrected chi connectivity index (χ2v) is 4.64. The molecule has 3 rings (SSSR count). The van der Waals surface area contributed by atoms with E-state index in [2.05, 4.69) is 33.3 Å². The molecule has 2 aromatic heterocycles. The summed E-state index contributed by atoms with van der Waals surface area (Å²) in [5.74, 6) is 1.57. The van der Waals surface area contributed by atoms with Gasteiger partial charge in [0.25, 0.3) is 0 Å². The van der Waals surface area contributed by atoms with Crippen LogP contribution >= 0.6 is 0 Å². The summed E-state index contributed by atoms with van der Waals surface area (Å²) >= 11 is 0. The Hall–Kier alpha value is -1.42. The molecule has 2 unspecified atom stereocenters. The van der Waals surface area contributed by atoms with E-state index in [0.29, 0.717) is 12.0 Å². The molecular weight excluding hydrogens is 200 g/mol. The number of aromatic amines is 1. The Morgan fingerprint density at radius 2 is 2.31 bits per heavy atom. The fourth-order valence-electron chi connectivity index (χ4n) is 2.43. The van der Waals surface area contributed by atoms with E-state index in [1.807, 2.05) is 13.1 Å². The van der Waals surface area contributed by atoms with Gasteiger partial charge in [-0.05, 0) is 38.4 Å². The smallest absolute Gasteiger partial charge is 0.177 e. The van der Waals surface area contributed by atoms with Crippen molar-refractivity contribution in [3.8, 4) is 0 Å². The van der Waals surface area contributed by atoms with Crippen LogP contribution in [0.1, 0.15) is 30.7 Å². The van der Waals surface area contributed by atoms with Gasteiger partial charge in [0.1, 0.15) is 5.82 Å². The summed E-state index contributed by atoms with van der Waals surface area (Å²) in [7, 11) is 0. The summed E-state index contributed by atoms with van der Waals surface area (Å²) in [4.78, 5) is 12.3. The molecule has 2 atom stereocenters. The third-order valence-electron chi connectivity index (χ3n) is 3.37. The number of rotatable bonds is 1. The summed E-state index contributed by atoms with van der Waals surface area (Å²) in [6, 6.07) is 2.60. The first-order valence-electron chi connectivity index (χ1n) is 5.79. The van der Waals surface area contributed by atoms with Gasteiger partial charge in [0.05, 0.1) is 5.52 Å². The highest BCUT2D eigenvalue weighted by atomic mass is 15.0. The molecule has 3 heterocycles. The molecular formula is C12H16N4. The molecule has 1 aliphatic heterocycles. The second kappa shape index (κ2) is 3.56. The molecule has 4 heteroatoms. The van der Waals surface area contributed by atoms with Crippen LogP contribution in [0.15, 0.2) is 12.3 Å². The van der Waals surface area contributed by atoms with Crippen LogP contribution in [0, 0.1) is 6.92 Å². The number of nitrogens with zero attached hydrogens (tertiary/aromatic N) is 2. The van der Waals surface area contributed by atoms with E-state index in [9.17, 15) is 0 Å². The van der Waals surface area contributed by atoms with Crippen LogP contribution in [-0.4, -0.2) is 27.5 Å². The van der Waals surface area contributed by atoms with Crippen LogP contribution in [0.25, 0.3) is 11.2 Å². The Labute approximate surface area is 94.5 Å². The van der Waals surface area contributed by atoms with Crippen molar-refractivity contribution in [2.24, 2.45) is 0 Å². The van der Waals surface area contributed by atoms with E-state index in [0.717, 1.165) is 30.0 Å². The average molecular weight is 216 g/mol. The molecule has 1 aliphatic rings. The van der Waals surface area contributed by atoms with Crippen LogP contribution in [0.5, 0.6) is 0 Å². The number of aromatic nitrogens is 3. The van der Waals surface area contributed by atoms with Gasteiger partial charge >= 0.3 is 0 Å². The van der Waals surface area contributed by atoms with E-state index < -0.39 is 0 Å². The zero-order valence-corrected chi connectivity index (χ0v) is 9.62. The largest absolute Gasteiger partial charge is 0.340 e. The van der Waals surface area contributed by atoms with Gasteiger partial charge in [-0.1, -0.05) is 0 Å². The maximum absolute atomic E-state index is 4.58. The van der Waals surface area contributed by atoms with Crippen molar-refractivity contribution in [3.05, 3.63) is 23.7 Å². The summed E-state index contributed by atoms with van der Waals surface area (Å²) in [5, 5.41) is 3.44. The van der Waals surface area contributed by atoms with Crippen molar-refractivity contribution >= 4 is 11.2 Å². The van der Waals surface area contributed by atoms with E-state index in [1.54, 1.807) is 0 Å². The van der Waals surface area contributed by atoms with Crippen LogP contribution < -0.4 is 5.32 Å². The number of fused-ring (bicyclic) bond motifs is 1. The lowest BCUT2D eigenvalue weighted by molar-refractivity contribution is 0.574. The summed E-state index contributed by atoms with van der Waals surface area (Å²) in [5.41, 5.74) is 3.05. The molecule has 16 heavy (non-hydrogen) atoms. The first kappa shape index (κ1) is 9.78. The van der Waals surface area contributed by atoms with Gasteiger partial charge in [-0.15, -0.1) is 0 Å². The van der Waals surface area contributed by atoms with Gasteiger partial charge in [-0.3, -0.25) is 0 Å². The quantitative estimate of drug-likeness (QED) is 0.763. The normalized spacial score (nSPS) is 25.4. The van der Waals surface area contributed by atoms with Crippen molar-refractivity contribution in [2.45, 2.75) is 32.2 Å². The number of nitrogens with one attached hydrogen (secondary N) is 2. The standard InChI is InChI=1S/C12H16N4/c1-7-5-10-12(14-6-7)16-11(15-10)9-3-4-13-8(9)2/h5-6,8-9,13H,3-4H2,1-2H3,(H,14,15,16). The second-order valence-electron chi connectivity index (χ2n) is 4.64. The van der Waals surface area contributed by atoms with Crippen molar-refractivity contribution < 1.29 is 0 Å². The molecule has 0 bridgehead atoms. The van der Waals surface area contributed by atoms with Crippen molar-refractivity contribution in [2.75, 3.05) is 6.54 Å². The van der Waals surface area contributed by atoms with Gasteiger partial charge in [0.15, 0.2) is 5.65 Å². The zero-order valence-electron chi connectivity index (χ0n) is 9.62. The van der Waals surface area contributed by atoms with Crippen LogP contribution in [-0.2, 0) is 0 Å². The van der Waals surface area contributed by atoms with Crippen molar-refractivity contribution in [3.63, 3.8) is 0 Å². The van der Waals surface area contributed by atoms with Gasteiger partial charge in [-0.25, -0.2) is 9.97 Å². The fraction of sp³-hybridized carbons (Fsp3) is 0.500. The minimum absolute atomic E-state index is 0.495. The van der Waals surface area contributed by atoms with Crippen molar-refractivity contribution in [1.82, 2.24) is 20.3 Å². The van der Waals surface area contributed by atoms with E-state index in [1.165, 1.54) is 5.56 Å². The highest BCUT2D eigenvalue weighted by Gasteiger charge is 2.27. The van der Waals surface area contributed by atoms with Gasteiger partial charge in [0.2, 0.25) is 0 Å². The van der Waals surface area contributed by atoms with E-state index in [-0.39, 0.29) is 0 Å². The minimum Gasteiger partial charge on any atom is -0.340 e. The zero-order chi connectivity index (χ0) is 11.1. The maximum atomic E-state index is 4.58. The van der Waals surface area contributed by atoms with Gasteiger partial charge in [-0.2, -0.15) is 0 Å². The number of imidazole rings is 1. The van der Waals surface area contributed by atoms with Crippen LogP contribution in [0.3, 0.4) is 0 Å². The molecule has 1 fully saturated rings. The summed E-state index contributed by atoms with van der Waals surface area (Å²) in [6.07, 6.45) is 3.02. The number of H-pyrrole nitrogens is 1. The first-order chi connectivity index (χ1) is 7.74. The monoisotopic (exact) mass is 216 g/mol. The molecule has 0 amide bonds.